The van der Waals surface area contributed by atoms with E-state index in [4.69, 9.17) is 0 Å². The third-order valence-corrected chi connectivity index (χ3v) is 5.47. The van der Waals surface area contributed by atoms with Crippen LogP contribution in [0.1, 0.15) is 37.7 Å². The number of carbonyl (C=O) groups is 1. The van der Waals surface area contributed by atoms with Gasteiger partial charge in [0.05, 0.1) is 6.26 Å². The number of carbonyl (C=O) groups excluding carboxylic acids is 1. The molecule has 0 aliphatic carbocycles. The zero-order valence-electron chi connectivity index (χ0n) is 13.8. The van der Waals surface area contributed by atoms with E-state index < -0.39 is 27.6 Å². The third kappa shape index (κ3) is 4.98. The minimum absolute atomic E-state index is 0.0535. The summed E-state index contributed by atoms with van der Waals surface area (Å²) in [5.74, 6) is -2.00. The first-order valence-electron chi connectivity index (χ1n) is 7.86. The maximum atomic E-state index is 13.7. The van der Waals surface area contributed by atoms with E-state index in [1.54, 1.807) is 6.92 Å². The van der Waals surface area contributed by atoms with Crippen LogP contribution in [0.4, 0.5) is 8.78 Å². The van der Waals surface area contributed by atoms with Crippen molar-refractivity contribution < 1.29 is 22.0 Å². The Labute approximate surface area is 141 Å². The summed E-state index contributed by atoms with van der Waals surface area (Å²) < 4.78 is 51.2. The normalized spacial score (nSPS) is 20.6. The molecular formula is C16H22F2N2O3S. The van der Waals surface area contributed by atoms with Crippen LogP contribution in [-0.2, 0) is 14.8 Å². The molecule has 2 unspecified atom stereocenters. The Hall–Kier alpha value is -1.54. The first kappa shape index (κ1) is 18.8. The van der Waals surface area contributed by atoms with E-state index in [9.17, 15) is 22.0 Å². The van der Waals surface area contributed by atoms with E-state index in [0.717, 1.165) is 18.4 Å². The molecule has 2 rings (SSSR count). The highest BCUT2D eigenvalue weighted by Crippen LogP contribution is 2.23. The van der Waals surface area contributed by atoms with Crippen molar-refractivity contribution in [2.75, 3.05) is 19.3 Å². The average molecular weight is 360 g/mol. The van der Waals surface area contributed by atoms with Crippen molar-refractivity contribution in [2.45, 2.75) is 38.1 Å². The molecule has 2 atom stereocenters. The van der Waals surface area contributed by atoms with Crippen LogP contribution >= 0.6 is 0 Å². The average Bonchev–Trinajstić information content (AvgIpc) is 2.46. The van der Waals surface area contributed by atoms with E-state index in [1.165, 1.54) is 10.4 Å². The molecule has 1 amide bonds. The molecule has 8 heteroatoms. The number of piperidine rings is 1. The van der Waals surface area contributed by atoms with Gasteiger partial charge in [-0.3, -0.25) is 4.79 Å². The van der Waals surface area contributed by atoms with Gasteiger partial charge in [-0.1, -0.05) is 13.0 Å². The highest BCUT2D eigenvalue weighted by atomic mass is 32.2. The Morgan fingerprint density at radius 1 is 1.42 bits per heavy atom. The molecule has 1 N–H and O–H groups in total. The summed E-state index contributed by atoms with van der Waals surface area (Å²) in [5.41, 5.74) is 0.285. The summed E-state index contributed by atoms with van der Waals surface area (Å²) in [6, 6.07) is 3.06. The van der Waals surface area contributed by atoms with Gasteiger partial charge in [0.15, 0.2) is 0 Å². The van der Waals surface area contributed by atoms with Crippen LogP contribution in [0.15, 0.2) is 18.2 Å². The van der Waals surface area contributed by atoms with E-state index >= 15 is 0 Å². The molecule has 24 heavy (non-hydrogen) atoms. The first-order valence-corrected chi connectivity index (χ1v) is 9.71. The number of sulfonamides is 1. The van der Waals surface area contributed by atoms with Crippen LogP contribution in [0.25, 0.3) is 0 Å². The maximum Gasteiger partial charge on any atom is 0.220 e. The summed E-state index contributed by atoms with van der Waals surface area (Å²) in [6.07, 6.45) is 2.59. The Bertz CT molecular complexity index is 709. The molecule has 1 aliphatic heterocycles. The SMILES string of the molecule is CC(CC(=O)NC1CCCN(S(C)(=O)=O)C1)c1ccc(F)cc1F. The van der Waals surface area contributed by atoms with Gasteiger partial charge in [-0.25, -0.2) is 21.5 Å². The fourth-order valence-electron chi connectivity index (χ4n) is 2.94. The number of benzene rings is 1. The van der Waals surface area contributed by atoms with Gasteiger partial charge < -0.3 is 5.32 Å². The monoisotopic (exact) mass is 360 g/mol. The van der Waals surface area contributed by atoms with E-state index in [2.05, 4.69) is 5.32 Å². The van der Waals surface area contributed by atoms with Crippen LogP contribution in [0, 0.1) is 11.6 Å². The predicted molar refractivity (Wildman–Crippen MR) is 87.0 cm³/mol. The van der Waals surface area contributed by atoms with Gasteiger partial charge in [0.1, 0.15) is 11.6 Å². The largest absolute Gasteiger partial charge is 0.352 e. The lowest BCUT2D eigenvalue weighted by atomic mass is 9.96. The zero-order chi connectivity index (χ0) is 17.9. The zero-order valence-corrected chi connectivity index (χ0v) is 14.6. The second-order valence-electron chi connectivity index (χ2n) is 6.30. The summed E-state index contributed by atoms with van der Waals surface area (Å²) in [6.45, 7) is 2.41. The highest BCUT2D eigenvalue weighted by molar-refractivity contribution is 7.88. The third-order valence-electron chi connectivity index (χ3n) is 4.20. The summed E-state index contributed by atoms with van der Waals surface area (Å²) in [5, 5.41) is 2.81. The van der Waals surface area contributed by atoms with E-state index in [1.807, 2.05) is 0 Å². The summed E-state index contributed by atoms with van der Waals surface area (Å²) in [4.78, 5) is 12.2. The fourth-order valence-corrected chi connectivity index (χ4v) is 3.85. The van der Waals surface area contributed by atoms with Gasteiger partial charge in [0.25, 0.3) is 0 Å². The Balaban J connectivity index is 1.93. The Morgan fingerprint density at radius 2 is 2.12 bits per heavy atom. The fraction of sp³-hybridized carbons (Fsp3) is 0.562. The smallest absolute Gasteiger partial charge is 0.220 e. The van der Waals surface area contributed by atoms with Crippen molar-refractivity contribution in [3.8, 4) is 0 Å². The van der Waals surface area contributed by atoms with Gasteiger partial charge in [0.2, 0.25) is 15.9 Å². The molecule has 1 fully saturated rings. The minimum atomic E-state index is -3.27. The topological polar surface area (TPSA) is 66.5 Å². The van der Waals surface area contributed by atoms with E-state index in [-0.39, 0.29) is 30.5 Å². The van der Waals surface area contributed by atoms with Crippen molar-refractivity contribution in [3.63, 3.8) is 0 Å². The molecular weight excluding hydrogens is 338 g/mol. The standard InChI is InChI=1S/C16H22F2N2O3S/c1-11(14-6-5-12(17)9-15(14)18)8-16(21)19-13-4-3-7-20(10-13)24(2,22)23/h5-6,9,11,13H,3-4,7-8,10H2,1-2H3,(H,19,21). The van der Waals surface area contributed by atoms with Crippen LogP contribution < -0.4 is 5.32 Å². The van der Waals surface area contributed by atoms with Gasteiger partial charge in [-0.2, -0.15) is 0 Å². The molecule has 1 saturated heterocycles. The molecule has 0 saturated carbocycles. The molecule has 1 heterocycles. The van der Waals surface area contributed by atoms with Crippen LogP contribution in [0.3, 0.4) is 0 Å². The molecule has 0 spiro atoms. The molecule has 1 aliphatic rings. The summed E-state index contributed by atoms with van der Waals surface area (Å²) >= 11 is 0. The quantitative estimate of drug-likeness (QED) is 0.873. The van der Waals surface area contributed by atoms with Crippen molar-refractivity contribution in [2.24, 2.45) is 0 Å². The molecule has 1 aromatic rings. The highest BCUT2D eigenvalue weighted by Gasteiger charge is 2.27. The second-order valence-corrected chi connectivity index (χ2v) is 8.28. The number of nitrogens with one attached hydrogen (secondary N) is 1. The lowest BCUT2D eigenvalue weighted by Gasteiger charge is -2.31. The Morgan fingerprint density at radius 3 is 2.75 bits per heavy atom. The number of hydrogen-bond donors (Lipinski definition) is 1. The molecule has 0 bridgehead atoms. The van der Waals surface area contributed by atoms with Crippen LogP contribution in [0.5, 0.6) is 0 Å². The van der Waals surface area contributed by atoms with Gasteiger partial charge >= 0.3 is 0 Å². The number of halogens is 2. The van der Waals surface area contributed by atoms with Crippen LogP contribution in [-0.4, -0.2) is 44.0 Å². The lowest BCUT2D eigenvalue weighted by Crippen LogP contribution is -2.49. The van der Waals surface area contributed by atoms with Gasteiger partial charge in [0, 0.05) is 31.6 Å². The molecule has 5 nitrogen and oxygen atoms in total. The number of rotatable bonds is 5. The van der Waals surface area contributed by atoms with Crippen molar-refractivity contribution in [3.05, 3.63) is 35.4 Å². The van der Waals surface area contributed by atoms with Gasteiger partial charge in [-0.15, -0.1) is 0 Å². The lowest BCUT2D eigenvalue weighted by molar-refractivity contribution is -0.122. The van der Waals surface area contributed by atoms with E-state index in [0.29, 0.717) is 19.4 Å². The predicted octanol–water partition coefficient (Wildman–Crippen LogP) is 2.00. The van der Waals surface area contributed by atoms with Crippen molar-refractivity contribution >= 4 is 15.9 Å². The molecule has 0 radical (unpaired) electrons. The van der Waals surface area contributed by atoms with Crippen LogP contribution in [0.2, 0.25) is 0 Å². The molecule has 134 valence electrons. The number of nitrogens with zero attached hydrogens (tertiary/aromatic N) is 1. The molecule has 0 aromatic heterocycles. The van der Waals surface area contributed by atoms with Gasteiger partial charge in [-0.05, 0) is 30.4 Å². The van der Waals surface area contributed by atoms with Crippen molar-refractivity contribution in [1.82, 2.24) is 9.62 Å². The number of hydrogen-bond acceptors (Lipinski definition) is 3. The van der Waals surface area contributed by atoms with Crippen molar-refractivity contribution in [1.29, 1.82) is 0 Å². The second kappa shape index (κ2) is 7.57. The minimum Gasteiger partial charge on any atom is -0.352 e. The Kier molecular flexibility index (Phi) is 5.92. The molecule has 1 aromatic carbocycles. The summed E-state index contributed by atoms with van der Waals surface area (Å²) in [7, 11) is -3.27. The maximum absolute atomic E-state index is 13.7. The number of amides is 1. The first-order chi connectivity index (χ1) is 11.2.